The minimum absolute atomic E-state index is 0.0637. The summed E-state index contributed by atoms with van der Waals surface area (Å²) in [6.45, 7) is 0. The molecule has 0 atom stereocenters. The Balaban J connectivity index is 2.06. The van der Waals surface area contributed by atoms with Crippen LogP contribution in [-0.4, -0.2) is 21.3 Å². The number of aromatic hydroxyl groups is 2. The van der Waals surface area contributed by atoms with E-state index in [4.69, 9.17) is 14.6 Å². The van der Waals surface area contributed by atoms with Crippen LogP contribution in [0.3, 0.4) is 0 Å². The summed E-state index contributed by atoms with van der Waals surface area (Å²) in [5.74, 6) is -0.741. The van der Waals surface area contributed by atoms with Crippen molar-refractivity contribution >= 4 is 5.97 Å². The number of carboxylic acid groups (broad SMARTS) is 1. The van der Waals surface area contributed by atoms with Crippen LogP contribution in [0.25, 0.3) is 0 Å². The van der Waals surface area contributed by atoms with Crippen LogP contribution in [0.4, 0.5) is 0 Å². The normalized spacial score (nSPS) is 11.8. The zero-order chi connectivity index (χ0) is 13.6. The summed E-state index contributed by atoms with van der Waals surface area (Å²) in [6.07, 6.45) is 0. The average Bonchev–Trinajstić information content (AvgIpc) is 2.37. The van der Waals surface area contributed by atoms with Crippen molar-refractivity contribution in [3.63, 3.8) is 0 Å². The Morgan fingerprint density at radius 3 is 1.95 bits per heavy atom. The van der Waals surface area contributed by atoms with Gasteiger partial charge >= 0.3 is 5.97 Å². The van der Waals surface area contributed by atoms with Gasteiger partial charge in [0, 0.05) is 12.1 Å². The first-order valence-electron chi connectivity index (χ1n) is 5.33. The van der Waals surface area contributed by atoms with Gasteiger partial charge in [0.05, 0.1) is 5.56 Å². The molecule has 0 radical (unpaired) electrons. The van der Waals surface area contributed by atoms with Gasteiger partial charge in [0.25, 0.3) is 0 Å². The van der Waals surface area contributed by atoms with Crippen molar-refractivity contribution < 1.29 is 29.6 Å². The minimum atomic E-state index is -1.08. The van der Waals surface area contributed by atoms with E-state index in [1.54, 1.807) is 0 Å². The highest BCUT2D eigenvalue weighted by Crippen LogP contribution is 2.48. The average molecular weight is 260 g/mol. The maximum absolute atomic E-state index is 10.9. The molecule has 1 aliphatic heterocycles. The number of rotatable bonds is 1. The van der Waals surface area contributed by atoms with Gasteiger partial charge in [-0.25, -0.2) is 4.79 Å². The number of hydrogen-bond acceptors (Lipinski definition) is 5. The van der Waals surface area contributed by atoms with E-state index >= 15 is 0 Å². The SMILES string of the molecule is O=C(O)c1ccc2c(c1)Oc1cc(O)c(O)cc1O2. The van der Waals surface area contributed by atoms with Crippen molar-refractivity contribution in [2.45, 2.75) is 0 Å². The summed E-state index contributed by atoms with van der Waals surface area (Å²) < 4.78 is 10.9. The molecule has 3 rings (SSSR count). The van der Waals surface area contributed by atoms with Crippen molar-refractivity contribution in [3.05, 3.63) is 35.9 Å². The van der Waals surface area contributed by atoms with E-state index in [0.29, 0.717) is 5.75 Å². The van der Waals surface area contributed by atoms with Crippen LogP contribution in [0.5, 0.6) is 34.5 Å². The number of ether oxygens (including phenoxy) is 2. The van der Waals surface area contributed by atoms with E-state index < -0.39 is 5.97 Å². The molecule has 1 heterocycles. The third-order valence-corrected chi connectivity index (χ3v) is 2.67. The minimum Gasteiger partial charge on any atom is -0.504 e. The molecule has 0 spiro atoms. The first-order chi connectivity index (χ1) is 9.04. The monoisotopic (exact) mass is 260 g/mol. The summed E-state index contributed by atoms with van der Waals surface area (Å²) in [5.41, 5.74) is 0.0637. The van der Waals surface area contributed by atoms with E-state index in [-0.39, 0.29) is 34.3 Å². The van der Waals surface area contributed by atoms with Gasteiger partial charge in [-0.1, -0.05) is 0 Å². The van der Waals surface area contributed by atoms with Gasteiger partial charge in [-0.05, 0) is 18.2 Å². The maximum atomic E-state index is 10.9. The fraction of sp³-hybridized carbons (Fsp3) is 0. The summed E-state index contributed by atoms with van der Waals surface area (Å²) in [4.78, 5) is 10.9. The Kier molecular flexibility index (Phi) is 2.25. The standard InChI is InChI=1S/C13H8O6/c14-7-4-11-12(5-8(7)15)19-10-3-6(13(16)17)1-2-9(10)18-11/h1-5,14-15H,(H,16,17). The molecule has 1 aliphatic rings. The fourth-order valence-corrected chi connectivity index (χ4v) is 1.74. The van der Waals surface area contributed by atoms with Crippen molar-refractivity contribution in [2.75, 3.05) is 0 Å². The predicted molar refractivity (Wildman–Crippen MR) is 63.3 cm³/mol. The van der Waals surface area contributed by atoms with E-state index in [9.17, 15) is 15.0 Å². The van der Waals surface area contributed by atoms with Crippen LogP contribution >= 0.6 is 0 Å². The Morgan fingerprint density at radius 1 is 0.842 bits per heavy atom. The van der Waals surface area contributed by atoms with Crippen molar-refractivity contribution in [2.24, 2.45) is 0 Å². The second-order valence-corrected chi connectivity index (χ2v) is 3.96. The molecule has 0 amide bonds. The molecule has 0 fully saturated rings. The number of benzene rings is 2. The van der Waals surface area contributed by atoms with Crippen LogP contribution in [0, 0.1) is 0 Å². The summed E-state index contributed by atoms with van der Waals surface area (Å²) in [5, 5.41) is 27.7. The molecule has 96 valence electrons. The van der Waals surface area contributed by atoms with Gasteiger partial charge in [-0.2, -0.15) is 0 Å². The third kappa shape index (κ3) is 1.79. The molecule has 0 aliphatic carbocycles. The Morgan fingerprint density at radius 2 is 1.37 bits per heavy atom. The zero-order valence-electron chi connectivity index (χ0n) is 9.45. The lowest BCUT2D eigenvalue weighted by atomic mass is 10.2. The molecule has 19 heavy (non-hydrogen) atoms. The van der Waals surface area contributed by atoms with Gasteiger partial charge < -0.3 is 24.8 Å². The molecule has 0 saturated heterocycles. The van der Waals surface area contributed by atoms with E-state index in [0.717, 1.165) is 0 Å². The van der Waals surface area contributed by atoms with E-state index in [1.807, 2.05) is 0 Å². The van der Waals surface area contributed by atoms with Gasteiger partial charge in [0.15, 0.2) is 34.5 Å². The van der Waals surface area contributed by atoms with Crippen LogP contribution in [0.15, 0.2) is 30.3 Å². The highest BCUT2D eigenvalue weighted by Gasteiger charge is 2.22. The molecule has 0 bridgehead atoms. The molecule has 6 nitrogen and oxygen atoms in total. The highest BCUT2D eigenvalue weighted by molar-refractivity contribution is 5.88. The molecule has 3 N–H and O–H groups in total. The van der Waals surface area contributed by atoms with E-state index in [1.165, 1.54) is 30.3 Å². The lowest BCUT2D eigenvalue weighted by molar-refractivity contribution is 0.0696. The number of carboxylic acids is 1. The van der Waals surface area contributed by atoms with Gasteiger partial charge in [0.1, 0.15) is 0 Å². The first kappa shape index (κ1) is 11.2. The summed E-state index contributed by atoms with van der Waals surface area (Å²) in [6, 6.07) is 6.59. The van der Waals surface area contributed by atoms with Gasteiger partial charge in [-0.15, -0.1) is 0 Å². The number of phenolic OH excluding ortho intramolecular Hbond substituents is 2. The first-order valence-corrected chi connectivity index (χ1v) is 5.33. The lowest BCUT2D eigenvalue weighted by Crippen LogP contribution is -2.02. The number of hydrogen-bond donors (Lipinski definition) is 3. The molecule has 2 aromatic rings. The number of aromatic carboxylic acids is 1. The molecule has 0 saturated carbocycles. The number of carbonyl (C=O) groups is 1. The molecule has 2 aromatic carbocycles. The maximum Gasteiger partial charge on any atom is 0.335 e. The largest absolute Gasteiger partial charge is 0.504 e. The smallest absolute Gasteiger partial charge is 0.335 e. The second kappa shape index (κ2) is 3.81. The van der Waals surface area contributed by atoms with Crippen molar-refractivity contribution in [1.29, 1.82) is 0 Å². The van der Waals surface area contributed by atoms with Gasteiger partial charge in [-0.3, -0.25) is 0 Å². The molecule has 0 unspecified atom stereocenters. The fourth-order valence-electron chi connectivity index (χ4n) is 1.74. The van der Waals surface area contributed by atoms with Crippen LogP contribution in [0.2, 0.25) is 0 Å². The molecule has 6 heteroatoms. The van der Waals surface area contributed by atoms with E-state index in [2.05, 4.69) is 0 Å². The highest BCUT2D eigenvalue weighted by atomic mass is 16.6. The second-order valence-electron chi connectivity index (χ2n) is 3.96. The van der Waals surface area contributed by atoms with Crippen LogP contribution in [-0.2, 0) is 0 Å². The molecular formula is C13H8O6. The number of fused-ring (bicyclic) bond motifs is 2. The lowest BCUT2D eigenvalue weighted by Gasteiger charge is -2.21. The van der Waals surface area contributed by atoms with Gasteiger partial charge in [0.2, 0.25) is 0 Å². The van der Waals surface area contributed by atoms with Crippen molar-refractivity contribution in [3.8, 4) is 34.5 Å². The van der Waals surface area contributed by atoms with Crippen LogP contribution in [0.1, 0.15) is 10.4 Å². The van der Waals surface area contributed by atoms with Crippen molar-refractivity contribution in [1.82, 2.24) is 0 Å². The summed E-state index contributed by atoms with van der Waals surface area (Å²) >= 11 is 0. The van der Waals surface area contributed by atoms with Crippen LogP contribution < -0.4 is 9.47 Å². The quantitative estimate of drug-likeness (QED) is 0.582. The topological polar surface area (TPSA) is 96.2 Å². The predicted octanol–water partition coefficient (Wildman–Crippen LogP) is 2.69. The molecular weight excluding hydrogens is 252 g/mol. The number of phenols is 2. The summed E-state index contributed by atoms with van der Waals surface area (Å²) in [7, 11) is 0. The Hall–Kier alpha value is -2.89. The Labute approximate surface area is 107 Å². The Bertz CT molecular complexity index is 692. The third-order valence-electron chi connectivity index (χ3n) is 2.67. The zero-order valence-corrected chi connectivity index (χ0v) is 9.45. The molecule has 0 aromatic heterocycles.